The molecule has 1 fully saturated rings. The van der Waals surface area contributed by atoms with Crippen molar-refractivity contribution in [1.29, 1.82) is 0 Å². The first kappa shape index (κ1) is 18.2. The van der Waals surface area contributed by atoms with E-state index in [4.69, 9.17) is 11.6 Å². The predicted octanol–water partition coefficient (Wildman–Crippen LogP) is 2.30. The zero-order valence-electron chi connectivity index (χ0n) is 13.2. The molecule has 1 aliphatic rings. The average Bonchev–Trinajstić information content (AvgIpc) is 3.12. The number of amides is 1. The summed E-state index contributed by atoms with van der Waals surface area (Å²) in [6.45, 7) is 0.645. The van der Waals surface area contributed by atoms with Gasteiger partial charge >= 0.3 is 0 Å². The Bertz CT molecular complexity index is 845. The molecule has 0 radical (unpaired) electrons. The summed E-state index contributed by atoms with van der Waals surface area (Å²) in [6.07, 6.45) is 3.66. The highest BCUT2D eigenvalue weighted by Gasteiger charge is 2.36. The predicted molar refractivity (Wildman–Crippen MR) is 96.4 cm³/mol. The van der Waals surface area contributed by atoms with Gasteiger partial charge in [0.2, 0.25) is 5.91 Å². The van der Waals surface area contributed by atoms with E-state index in [9.17, 15) is 13.2 Å². The van der Waals surface area contributed by atoms with Crippen molar-refractivity contribution in [1.82, 2.24) is 14.9 Å². The third kappa shape index (κ3) is 4.31. The van der Waals surface area contributed by atoms with Gasteiger partial charge in [-0.2, -0.15) is 0 Å². The van der Waals surface area contributed by atoms with Gasteiger partial charge in [-0.05, 0) is 36.8 Å². The van der Waals surface area contributed by atoms with Crippen LogP contribution in [-0.4, -0.2) is 53.3 Å². The Morgan fingerprint density at radius 2 is 1.92 bits per heavy atom. The highest BCUT2D eigenvalue weighted by Crippen LogP contribution is 2.25. The zero-order chi connectivity index (χ0) is 17.9. The van der Waals surface area contributed by atoms with Crippen LogP contribution in [0.15, 0.2) is 52.8 Å². The Morgan fingerprint density at radius 3 is 2.60 bits per heavy atom. The molecule has 0 aliphatic carbocycles. The van der Waals surface area contributed by atoms with E-state index in [0.717, 1.165) is 0 Å². The number of likely N-dealkylation sites (tertiary alicyclic amines) is 1. The van der Waals surface area contributed by atoms with E-state index >= 15 is 0 Å². The highest BCUT2D eigenvalue weighted by molar-refractivity contribution is 7.99. The molecule has 9 heteroatoms. The van der Waals surface area contributed by atoms with Crippen molar-refractivity contribution in [3.05, 3.63) is 47.7 Å². The van der Waals surface area contributed by atoms with Gasteiger partial charge in [0.1, 0.15) is 0 Å². The van der Waals surface area contributed by atoms with E-state index in [0.29, 0.717) is 23.1 Å². The van der Waals surface area contributed by atoms with Crippen molar-refractivity contribution in [3.63, 3.8) is 0 Å². The van der Waals surface area contributed by atoms with Crippen molar-refractivity contribution in [3.8, 4) is 0 Å². The first-order valence-electron chi connectivity index (χ1n) is 7.64. The van der Waals surface area contributed by atoms with Gasteiger partial charge in [-0.1, -0.05) is 23.4 Å². The van der Waals surface area contributed by atoms with Crippen LogP contribution in [0.25, 0.3) is 0 Å². The number of rotatable bonds is 5. The first-order valence-corrected chi connectivity index (χ1v) is 10.5. The van der Waals surface area contributed by atoms with Crippen LogP contribution < -0.4 is 0 Å². The highest BCUT2D eigenvalue weighted by atomic mass is 35.5. The molecule has 1 atom stereocenters. The number of halogens is 1. The SMILES string of the molecule is O=C(CSc1ncccn1)N1CCC(S(=O)(=O)c2ccc(Cl)cc2)C1. The second kappa shape index (κ2) is 7.72. The van der Waals surface area contributed by atoms with Gasteiger partial charge in [-0.25, -0.2) is 18.4 Å². The fourth-order valence-electron chi connectivity index (χ4n) is 2.60. The molecule has 0 N–H and O–H groups in total. The third-order valence-corrected chi connectivity index (χ3v) is 7.25. The van der Waals surface area contributed by atoms with E-state index in [1.165, 1.54) is 23.9 Å². The van der Waals surface area contributed by atoms with Crippen LogP contribution in [0.4, 0.5) is 0 Å². The molecular formula is C16H16ClN3O3S2. The Morgan fingerprint density at radius 1 is 1.24 bits per heavy atom. The largest absolute Gasteiger partial charge is 0.341 e. The fraction of sp³-hybridized carbons (Fsp3) is 0.312. The molecule has 6 nitrogen and oxygen atoms in total. The standard InChI is InChI=1S/C16H16ClN3O3S2/c17-12-2-4-13(5-3-12)25(22,23)14-6-9-20(10-14)15(21)11-24-16-18-7-1-8-19-16/h1-5,7-8,14H,6,9-11H2. The molecule has 1 aliphatic heterocycles. The monoisotopic (exact) mass is 397 g/mol. The normalized spacial score (nSPS) is 17.6. The maximum absolute atomic E-state index is 12.7. The summed E-state index contributed by atoms with van der Waals surface area (Å²) in [5.41, 5.74) is 0. The maximum Gasteiger partial charge on any atom is 0.233 e. The van der Waals surface area contributed by atoms with Crippen molar-refractivity contribution < 1.29 is 13.2 Å². The lowest BCUT2D eigenvalue weighted by atomic mass is 10.4. The minimum atomic E-state index is -3.47. The summed E-state index contributed by atoms with van der Waals surface area (Å²) in [5.74, 6) is 0.0869. The van der Waals surface area contributed by atoms with Crippen LogP contribution in [0.5, 0.6) is 0 Å². The van der Waals surface area contributed by atoms with Crippen LogP contribution in [-0.2, 0) is 14.6 Å². The summed E-state index contributed by atoms with van der Waals surface area (Å²) in [5, 5.41) is 0.429. The van der Waals surface area contributed by atoms with E-state index in [1.54, 1.807) is 35.5 Å². The van der Waals surface area contributed by atoms with Crippen LogP contribution in [0.1, 0.15) is 6.42 Å². The van der Waals surface area contributed by atoms with Gasteiger partial charge in [0, 0.05) is 30.5 Å². The molecule has 2 aromatic rings. The second-order valence-corrected chi connectivity index (χ2v) is 9.18. The molecule has 0 bridgehead atoms. The number of hydrogen-bond acceptors (Lipinski definition) is 6. The van der Waals surface area contributed by atoms with Crippen molar-refractivity contribution in [2.75, 3.05) is 18.8 Å². The topological polar surface area (TPSA) is 80.2 Å². The maximum atomic E-state index is 12.7. The molecule has 0 spiro atoms. The Hall–Kier alpha value is -1.64. The van der Waals surface area contributed by atoms with E-state index in [2.05, 4.69) is 9.97 Å². The zero-order valence-corrected chi connectivity index (χ0v) is 15.6. The van der Waals surface area contributed by atoms with E-state index in [1.807, 2.05) is 0 Å². The van der Waals surface area contributed by atoms with Gasteiger partial charge in [0.05, 0.1) is 15.9 Å². The molecule has 1 aromatic heterocycles. The van der Waals surface area contributed by atoms with Crippen LogP contribution in [0.2, 0.25) is 5.02 Å². The lowest BCUT2D eigenvalue weighted by molar-refractivity contribution is -0.127. The Labute approximate surface area is 155 Å². The number of carbonyl (C=O) groups excluding carboxylic acids is 1. The number of sulfone groups is 1. The number of carbonyl (C=O) groups is 1. The molecule has 132 valence electrons. The van der Waals surface area contributed by atoms with Gasteiger partial charge in [-0.15, -0.1) is 0 Å². The lowest BCUT2D eigenvalue weighted by Crippen LogP contribution is -2.33. The minimum Gasteiger partial charge on any atom is -0.341 e. The molecule has 1 unspecified atom stereocenters. The Balaban J connectivity index is 1.61. The average molecular weight is 398 g/mol. The number of benzene rings is 1. The first-order chi connectivity index (χ1) is 12.0. The molecule has 25 heavy (non-hydrogen) atoms. The summed E-state index contributed by atoms with van der Waals surface area (Å²) >= 11 is 7.06. The molecule has 3 rings (SSSR count). The fourth-order valence-corrected chi connectivity index (χ4v) is 5.13. The lowest BCUT2D eigenvalue weighted by Gasteiger charge is -2.16. The smallest absolute Gasteiger partial charge is 0.233 e. The van der Waals surface area contributed by atoms with Crippen molar-refractivity contribution in [2.45, 2.75) is 21.7 Å². The molecule has 1 saturated heterocycles. The second-order valence-electron chi connectivity index (χ2n) is 5.57. The van der Waals surface area contributed by atoms with Crippen LogP contribution in [0, 0.1) is 0 Å². The van der Waals surface area contributed by atoms with Gasteiger partial charge in [0.15, 0.2) is 15.0 Å². The number of hydrogen-bond donors (Lipinski definition) is 0. The summed E-state index contributed by atoms with van der Waals surface area (Å²) in [4.78, 5) is 22.2. The van der Waals surface area contributed by atoms with Crippen LogP contribution >= 0.6 is 23.4 Å². The molecule has 1 amide bonds. The minimum absolute atomic E-state index is 0.105. The number of aromatic nitrogens is 2. The summed E-state index contributed by atoms with van der Waals surface area (Å²) in [6, 6.07) is 7.83. The van der Waals surface area contributed by atoms with Gasteiger partial charge in [0.25, 0.3) is 0 Å². The van der Waals surface area contributed by atoms with E-state index < -0.39 is 15.1 Å². The number of thioether (sulfide) groups is 1. The number of nitrogens with zero attached hydrogens (tertiary/aromatic N) is 3. The van der Waals surface area contributed by atoms with Crippen molar-refractivity contribution in [2.24, 2.45) is 0 Å². The van der Waals surface area contributed by atoms with E-state index in [-0.39, 0.29) is 23.1 Å². The van der Waals surface area contributed by atoms with Crippen molar-refractivity contribution >= 4 is 39.1 Å². The molecule has 2 heterocycles. The van der Waals surface area contributed by atoms with Gasteiger partial charge < -0.3 is 4.90 Å². The molecule has 0 saturated carbocycles. The summed E-state index contributed by atoms with van der Waals surface area (Å²) < 4.78 is 25.4. The quantitative estimate of drug-likeness (QED) is 0.568. The van der Waals surface area contributed by atoms with Gasteiger partial charge in [-0.3, -0.25) is 4.79 Å². The Kier molecular flexibility index (Phi) is 5.61. The molecule has 1 aromatic carbocycles. The third-order valence-electron chi connectivity index (χ3n) is 3.95. The summed E-state index contributed by atoms with van der Waals surface area (Å²) in [7, 11) is -3.47. The van der Waals surface area contributed by atoms with Crippen LogP contribution in [0.3, 0.4) is 0 Å². The molecular weight excluding hydrogens is 382 g/mol.